The van der Waals surface area contributed by atoms with E-state index in [0.717, 1.165) is 18.5 Å². The van der Waals surface area contributed by atoms with Gasteiger partial charge in [-0.3, -0.25) is 0 Å². The summed E-state index contributed by atoms with van der Waals surface area (Å²) in [5.74, 6) is 0.963. The monoisotopic (exact) mass is 251 g/mol. The Labute approximate surface area is 114 Å². The van der Waals surface area contributed by atoms with Crippen LogP contribution in [0.3, 0.4) is 0 Å². The molecule has 0 bridgehead atoms. The van der Waals surface area contributed by atoms with Gasteiger partial charge in [0.25, 0.3) is 0 Å². The van der Waals surface area contributed by atoms with Crippen molar-refractivity contribution in [3.63, 3.8) is 0 Å². The molecule has 18 heavy (non-hydrogen) atoms. The molecule has 0 aliphatic heterocycles. The van der Waals surface area contributed by atoms with Crippen molar-refractivity contribution in [2.75, 3.05) is 6.54 Å². The molecule has 0 aromatic heterocycles. The van der Waals surface area contributed by atoms with Crippen molar-refractivity contribution in [3.05, 3.63) is 0 Å². The summed E-state index contributed by atoms with van der Waals surface area (Å²) >= 11 is 0. The molecular formula is C17H33N. The molecule has 2 aliphatic rings. The standard InChI is InChI=1S/C17H33N/c1-3-17(13-9-10-14-17)16(18-4-2)15-11-7-5-6-8-12-15/h15-16,18H,3-14H2,1-2H3. The molecular weight excluding hydrogens is 218 g/mol. The molecule has 2 saturated carbocycles. The molecule has 0 heterocycles. The maximum Gasteiger partial charge on any atom is 0.0151 e. The largest absolute Gasteiger partial charge is 0.313 e. The minimum atomic E-state index is 0.644. The van der Waals surface area contributed by atoms with Gasteiger partial charge < -0.3 is 5.32 Å². The van der Waals surface area contributed by atoms with Crippen molar-refractivity contribution in [1.29, 1.82) is 0 Å². The molecule has 1 atom stereocenters. The summed E-state index contributed by atoms with van der Waals surface area (Å²) in [5.41, 5.74) is 0.644. The molecule has 1 unspecified atom stereocenters. The Bertz CT molecular complexity index is 222. The Morgan fingerprint density at radius 1 is 0.944 bits per heavy atom. The smallest absolute Gasteiger partial charge is 0.0151 e. The van der Waals surface area contributed by atoms with E-state index in [2.05, 4.69) is 19.2 Å². The zero-order valence-electron chi connectivity index (χ0n) is 12.6. The maximum atomic E-state index is 3.91. The van der Waals surface area contributed by atoms with Gasteiger partial charge in [-0.05, 0) is 50.0 Å². The van der Waals surface area contributed by atoms with E-state index in [4.69, 9.17) is 0 Å². The fraction of sp³-hybridized carbons (Fsp3) is 1.00. The van der Waals surface area contributed by atoms with Gasteiger partial charge in [-0.15, -0.1) is 0 Å². The van der Waals surface area contributed by atoms with Crippen LogP contribution in [0.15, 0.2) is 0 Å². The second-order valence-corrected chi connectivity index (χ2v) is 6.71. The quantitative estimate of drug-likeness (QED) is 0.685. The lowest BCUT2D eigenvalue weighted by Gasteiger charge is -2.42. The molecule has 0 aromatic carbocycles. The van der Waals surface area contributed by atoms with Crippen LogP contribution in [-0.2, 0) is 0 Å². The van der Waals surface area contributed by atoms with Gasteiger partial charge in [0.15, 0.2) is 0 Å². The molecule has 1 heteroatoms. The summed E-state index contributed by atoms with van der Waals surface area (Å²) in [6, 6.07) is 0.813. The number of nitrogens with one attached hydrogen (secondary N) is 1. The molecule has 2 rings (SSSR count). The first-order valence-corrected chi connectivity index (χ1v) is 8.56. The Kier molecular flexibility index (Phi) is 5.54. The average Bonchev–Trinajstić information content (AvgIpc) is 2.72. The van der Waals surface area contributed by atoms with Gasteiger partial charge in [-0.25, -0.2) is 0 Å². The van der Waals surface area contributed by atoms with Crippen molar-refractivity contribution in [2.45, 2.75) is 90.5 Å². The summed E-state index contributed by atoms with van der Waals surface area (Å²) in [7, 11) is 0. The van der Waals surface area contributed by atoms with E-state index >= 15 is 0 Å². The van der Waals surface area contributed by atoms with E-state index in [1.807, 2.05) is 0 Å². The molecule has 0 spiro atoms. The summed E-state index contributed by atoms with van der Waals surface area (Å²) in [4.78, 5) is 0. The zero-order chi connectivity index (χ0) is 12.8. The number of rotatable bonds is 5. The zero-order valence-corrected chi connectivity index (χ0v) is 12.6. The van der Waals surface area contributed by atoms with E-state index < -0.39 is 0 Å². The summed E-state index contributed by atoms with van der Waals surface area (Å²) in [6.45, 7) is 5.89. The minimum Gasteiger partial charge on any atom is -0.313 e. The molecule has 0 amide bonds. The molecule has 106 valence electrons. The number of hydrogen-bond donors (Lipinski definition) is 1. The molecule has 0 aromatic rings. The fourth-order valence-corrected chi connectivity index (χ4v) is 4.71. The lowest BCUT2D eigenvalue weighted by molar-refractivity contribution is 0.124. The summed E-state index contributed by atoms with van der Waals surface area (Å²) in [5, 5.41) is 3.91. The van der Waals surface area contributed by atoms with E-state index in [0.29, 0.717) is 5.41 Å². The van der Waals surface area contributed by atoms with Gasteiger partial charge in [0, 0.05) is 6.04 Å². The molecule has 2 aliphatic carbocycles. The summed E-state index contributed by atoms with van der Waals surface area (Å²) < 4.78 is 0. The molecule has 1 N–H and O–H groups in total. The third-order valence-electron chi connectivity index (χ3n) is 5.76. The fourth-order valence-electron chi connectivity index (χ4n) is 4.71. The third-order valence-corrected chi connectivity index (χ3v) is 5.76. The number of hydrogen-bond acceptors (Lipinski definition) is 1. The van der Waals surface area contributed by atoms with Gasteiger partial charge in [0.1, 0.15) is 0 Å². The third kappa shape index (κ3) is 3.10. The van der Waals surface area contributed by atoms with Crippen LogP contribution in [-0.4, -0.2) is 12.6 Å². The first kappa shape index (κ1) is 14.4. The molecule has 2 fully saturated rings. The lowest BCUT2D eigenvalue weighted by atomic mass is 9.69. The van der Waals surface area contributed by atoms with E-state index in [9.17, 15) is 0 Å². The normalized spacial score (nSPS) is 27.0. The van der Waals surface area contributed by atoms with Crippen molar-refractivity contribution < 1.29 is 0 Å². The van der Waals surface area contributed by atoms with Gasteiger partial charge in [0.2, 0.25) is 0 Å². The van der Waals surface area contributed by atoms with Gasteiger partial charge in [-0.1, -0.05) is 52.4 Å². The Hall–Kier alpha value is -0.0400. The van der Waals surface area contributed by atoms with E-state index in [1.165, 1.54) is 70.6 Å². The highest BCUT2D eigenvalue weighted by Crippen LogP contribution is 2.47. The summed E-state index contributed by atoms with van der Waals surface area (Å²) in [6.07, 6.45) is 16.2. The van der Waals surface area contributed by atoms with Crippen LogP contribution in [0, 0.1) is 11.3 Å². The van der Waals surface area contributed by atoms with Crippen LogP contribution in [0.1, 0.15) is 84.5 Å². The van der Waals surface area contributed by atoms with Crippen LogP contribution >= 0.6 is 0 Å². The predicted octanol–water partition coefficient (Wildman–Crippen LogP) is 4.91. The van der Waals surface area contributed by atoms with Crippen molar-refractivity contribution >= 4 is 0 Å². The van der Waals surface area contributed by atoms with Crippen LogP contribution in [0.5, 0.6) is 0 Å². The van der Waals surface area contributed by atoms with Crippen LogP contribution < -0.4 is 5.32 Å². The Balaban J connectivity index is 2.09. The highest BCUT2D eigenvalue weighted by Gasteiger charge is 2.42. The van der Waals surface area contributed by atoms with Gasteiger partial charge in [-0.2, -0.15) is 0 Å². The second-order valence-electron chi connectivity index (χ2n) is 6.71. The predicted molar refractivity (Wildman–Crippen MR) is 79.8 cm³/mol. The van der Waals surface area contributed by atoms with Crippen LogP contribution in [0.2, 0.25) is 0 Å². The highest BCUT2D eigenvalue weighted by molar-refractivity contribution is 4.97. The van der Waals surface area contributed by atoms with Crippen molar-refractivity contribution in [3.8, 4) is 0 Å². The Morgan fingerprint density at radius 3 is 2.06 bits per heavy atom. The minimum absolute atomic E-state index is 0.644. The maximum absolute atomic E-state index is 3.91. The lowest BCUT2D eigenvalue weighted by Crippen LogP contribution is -2.48. The Morgan fingerprint density at radius 2 is 1.56 bits per heavy atom. The van der Waals surface area contributed by atoms with E-state index in [-0.39, 0.29) is 0 Å². The van der Waals surface area contributed by atoms with Crippen molar-refractivity contribution in [1.82, 2.24) is 5.32 Å². The highest BCUT2D eigenvalue weighted by atomic mass is 14.9. The molecule has 0 radical (unpaired) electrons. The molecule has 1 nitrogen and oxygen atoms in total. The topological polar surface area (TPSA) is 12.0 Å². The van der Waals surface area contributed by atoms with E-state index in [1.54, 1.807) is 0 Å². The first-order chi connectivity index (χ1) is 8.82. The van der Waals surface area contributed by atoms with Crippen LogP contribution in [0.4, 0.5) is 0 Å². The molecule has 0 saturated heterocycles. The van der Waals surface area contributed by atoms with Gasteiger partial charge >= 0.3 is 0 Å². The van der Waals surface area contributed by atoms with Gasteiger partial charge in [0.05, 0.1) is 0 Å². The SMILES string of the molecule is CCNC(C1CCCCCC1)C1(CC)CCCC1. The first-order valence-electron chi connectivity index (χ1n) is 8.56. The van der Waals surface area contributed by atoms with Crippen LogP contribution in [0.25, 0.3) is 0 Å². The van der Waals surface area contributed by atoms with Crippen molar-refractivity contribution in [2.24, 2.45) is 11.3 Å². The second kappa shape index (κ2) is 6.93. The average molecular weight is 251 g/mol.